The number of nitriles is 1. The molecule has 0 aliphatic heterocycles. The topological polar surface area (TPSA) is 122 Å². The number of hydrogen-bond acceptors (Lipinski definition) is 5. The zero-order valence-corrected chi connectivity index (χ0v) is 11.4. The largest absolute Gasteiger partial charge is 0.377 e. The number of nitrogens with one attached hydrogen (secondary N) is 1. The van der Waals surface area contributed by atoms with E-state index in [0.29, 0.717) is 18.5 Å². The third kappa shape index (κ3) is 3.48. The van der Waals surface area contributed by atoms with Crippen LogP contribution in [0.2, 0.25) is 0 Å². The van der Waals surface area contributed by atoms with Crippen LogP contribution in [0.1, 0.15) is 31.2 Å². The highest BCUT2D eigenvalue weighted by atomic mass is 16.6. The molecular formula is C14H16N4O3. The minimum Gasteiger partial charge on any atom is -0.377 e. The van der Waals surface area contributed by atoms with E-state index < -0.39 is 4.92 Å². The molecule has 110 valence electrons. The van der Waals surface area contributed by atoms with Crippen LogP contribution in [0.25, 0.3) is 0 Å². The van der Waals surface area contributed by atoms with Gasteiger partial charge in [-0.15, -0.1) is 0 Å². The summed E-state index contributed by atoms with van der Waals surface area (Å²) in [5.74, 6) is -0.378. The highest BCUT2D eigenvalue weighted by molar-refractivity contribution is 5.76. The van der Waals surface area contributed by atoms with Gasteiger partial charge < -0.3 is 11.1 Å². The number of carbonyl (C=O) groups excluding carboxylic acids is 1. The summed E-state index contributed by atoms with van der Waals surface area (Å²) < 4.78 is 0. The number of nitro groups is 1. The summed E-state index contributed by atoms with van der Waals surface area (Å²) in [6.45, 7) is 0. The first kappa shape index (κ1) is 14.8. The molecule has 0 bridgehead atoms. The van der Waals surface area contributed by atoms with Gasteiger partial charge in [-0.1, -0.05) is 0 Å². The van der Waals surface area contributed by atoms with E-state index in [2.05, 4.69) is 5.32 Å². The number of anilines is 1. The van der Waals surface area contributed by atoms with Crippen molar-refractivity contribution in [1.29, 1.82) is 5.26 Å². The lowest BCUT2D eigenvalue weighted by molar-refractivity contribution is -0.384. The van der Waals surface area contributed by atoms with Gasteiger partial charge in [0.1, 0.15) is 5.69 Å². The van der Waals surface area contributed by atoms with E-state index in [1.807, 2.05) is 6.07 Å². The van der Waals surface area contributed by atoms with Crippen molar-refractivity contribution in [1.82, 2.24) is 0 Å². The van der Waals surface area contributed by atoms with Crippen LogP contribution in [0.15, 0.2) is 18.2 Å². The van der Waals surface area contributed by atoms with Gasteiger partial charge in [-0.05, 0) is 37.8 Å². The van der Waals surface area contributed by atoms with Gasteiger partial charge in [0.25, 0.3) is 5.69 Å². The minimum absolute atomic E-state index is 0.0761. The molecule has 0 aromatic heterocycles. The molecule has 0 heterocycles. The molecule has 1 aliphatic rings. The summed E-state index contributed by atoms with van der Waals surface area (Å²) in [7, 11) is 0. The van der Waals surface area contributed by atoms with Gasteiger partial charge in [0.15, 0.2) is 0 Å². The summed E-state index contributed by atoms with van der Waals surface area (Å²) in [5, 5.41) is 23.0. The zero-order chi connectivity index (χ0) is 15.4. The van der Waals surface area contributed by atoms with Crippen molar-refractivity contribution in [3.05, 3.63) is 33.9 Å². The lowest BCUT2D eigenvalue weighted by Crippen LogP contribution is -2.32. The Morgan fingerprint density at radius 3 is 2.57 bits per heavy atom. The average Bonchev–Trinajstić information content (AvgIpc) is 2.48. The molecule has 0 radical (unpaired) electrons. The molecule has 0 saturated heterocycles. The van der Waals surface area contributed by atoms with Crippen molar-refractivity contribution >= 4 is 17.3 Å². The normalized spacial score (nSPS) is 21.3. The number of hydrogen-bond donors (Lipinski definition) is 2. The van der Waals surface area contributed by atoms with Gasteiger partial charge in [0.2, 0.25) is 5.91 Å². The lowest BCUT2D eigenvalue weighted by atomic mass is 9.85. The SMILES string of the molecule is N#Cc1ccc(NC2CCC(C(N)=O)CC2)c([N+](=O)[O-])c1. The van der Waals surface area contributed by atoms with Crippen molar-refractivity contribution in [2.75, 3.05) is 5.32 Å². The van der Waals surface area contributed by atoms with Gasteiger partial charge in [-0.3, -0.25) is 14.9 Å². The maximum Gasteiger partial charge on any atom is 0.293 e. The standard InChI is InChI=1S/C14H16N4O3/c15-8-9-1-6-12(13(7-9)18(20)21)17-11-4-2-10(3-5-11)14(16)19/h1,6-7,10-11,17H,2-5H2,(H2,16,19). The number of nitrogens with two attached hydrogens (primary N) is 1. The van der Waals surface area contributed by atoms with Crippen molar-refractivity contribution in [3.8, 4) is 6.07 Å². The second-order valence-corrected chi connectivity index (χ2v) is 5.20. The quantitative estimate of drug-likeness (QED) is 0.647. The predicted octanol–water partition coefficient (Wildman–Crippen LogP) is 1.92. The Bertz CT molecular complexity index is 601. The fraction of sp³-hybridized carbons (Fsp3) is 0.429. The average molecular weight is 288 g/mol. The Morgan fingerprint density at radius 1 is 1.38 bits per heavy atom. The van der Waals surface area contributed by atoms with Crippen LogP contribution in [0.4, 0.5) is 11.4 Å². The Balaban J connectivity index is 2.09. The second-order valence-electron chi connectivity index (χ2n) is 5.20. The molecule has 21 heavy (non-hydrogen) atoms. The molecule has 1 saturated carbocycles. The van der Waals surface area contributed by atoms with E-state index >= 15 is 0 Å². The third-order valence-electron chi connectivity index (χ3n) is 3.81. The summed E-state index contributed by atoms with van der Waals surface area (Å²) in [6, 6.07) is 6.32. The maximum atomic E-state index is 11.1. The van der Waals surface area contributed by atoms with E-state index in [1.54, 1.807) is 12.1 Å². The van der Waals surface area contributed by atoms with Crippen LogP contribution in [-0.4, -0.2) is 16.9 Å². The van der Waals surface area contributed by atoms with E-state index in [9.17, 15) is 14.9 Å². The molecule has 1 fully saturated rings. The zero-order valence-electron chi connectivity index (χ0n) is 11.4. The summed E-state index contributed by atoms with van der Waals surface area (Å²) in [5.41, 5.74) is 5.83. The van der Waals surface area contributed by atoms with Gasteiger partial charge in [0.05, 0.1) is 16.6 Å². The van der Waals surface area contributed by atoms with Gasteiger partial charge in [0, 0.05) is 18.0 Å². The monoisotopic (exact) mass is 288 g/mol. The summed E-state index contributed by atoms with van der Waals surface area (Å²) in [6.07, 6.45) is 2.86. The van der Waals surface area contributed by atoms with Crippen molar-refractivity contribution in [3.63, 3.8) is 0 Å². The second kappa shape index (κ2) is 6.22. The van der Waals surface area contributed by atoms with Crippen LogP contribution < -0.4 is 11.1 Å². The first-order chi connectivity index (χ1) is 10.0. The Labute approximate surface area is 121 Å². The van der Waals surface area contributed by atoms with Crippen LogP contribution in [0, 0.1) is 27.4 Å². The minimum atomic E-state index is -0.502. The summed E-state index contributed by atoms with van der Waals surface area (Å²) >= 11 is 0. The number of amides is 1. The lowest BCUT2D eigenvalue weighted by Gasteiger charge is -2.27. The highest BCUT2D eigenvalue weighted by Gasteiger charge is 2.26. The van der Waals surface area contributed by atoms with Crippen LogP contribution >= 0.6 is 0 Å². The molecule has 2 rings (SSSR count). The van der Waals surface area contributed by atoms with E-state index in [0.717, 1.165) is 12.8 Å². The molecule has 7 nitrogen and oxygen atoms in total. The van der Waals surface area contributed by atoms with Crippen LogP contribution in [0.3, 0.4) is 0 Å². The predicted molar refractivity (Wildman–Crippen MR) is 76.4 cm³/mol. The molecule has 1 aromatic rings. The fourth-order valence-corrected chi connectivity index (χ4v) is 2.62. The molecule has 0 atom stereocenters. The van der Waals surface area contributed by atoms with Gasteiger partial charge in [-0.25, -0.2) is 0 Å². The van der Waals surface area contributed by atoms with Gasteiger partial charge >= 0.3 is 0 Å². The molecule has 1 amide bonds. The number of benzene rings is 1. The molecule has 0 spiro atoms. The fourth-order valence-electron chi connectivity index (χ4n) is 2.62. The van der Waals surface area contributed by atoms with Gasteiger partial charge in [-0.2, -0.15) is 5.26 Å². The molecule has 1 aliphatic carbocycles. The first-order valence-electron chi connectivity index (χ1n) is 6.75. The Hall–Kier alpha value is -2.62. The number of rotatable bonds is 4. The van der Waals surface area contributed by atoms with Crippen LogP contribution in [-0.2, 0) is 4.79 Å². The molecule has 0 unspecified atom stereocenters. The molecule has 1 aromatic carbocycles. The van der Waals surface area contributed by atoms with Crippen molar-refractivity contribution < 1.29 is 9.72 Å². The van der Waals surface area contributed by atoms with Crippen molar-refractivity contribution in [2.45, 2.75) is 31.7 Å². The maximum absolute atomic E-state index is 11.1. The summed E-state index contributed by atoms with van der Waals surface area (Å²) in [4.78, 5) is 21.7. The number of primary amides is 1. The van der Waals surface area contributed by atoms with Crippen LogP contribution in [0.5, 0.6) is 0 Å². The number of nitrogens with zero attached hydrogens (tertiary/aromatic N) is 2. The highest BCUT2D eigenvalue weighted by Crippen LogP contribution is 2.30. The molecule has 3 N–H and O–H groups in total. The molecule has 7 heteroatoms. The Kier molecular flexibility index (Phi) is 4.38. The number of carbonyl (C=O) groups is 1. The van der Waals surface area contributed by atoms with E-state index in [-0.39, 0.29) is 29.1 Å². The van der Waals surface area contributed by atoms with E-state index in [1.165, 1.54) is 6.07 Å². The first-order valence-corrected chi connectivity index (χ1v) is 6.75. The number of nitro benzene ring substituents is 1. The smallest absolute Gasteiger partial charge is 0.293 e. The third-order valence-corrected chi connectivity index (χ3v) is 3.81. The Morgan fingerprint density at radius 2 is 2.05 bits per heavy atom. The van der Waals surface area contributed by atoms with E-state index in [4.69, 9.17) is 11.0 Å². The molecular weight excluding hydrogens is 272 g/mol. The van der Waals surface area contributed by atoms with Crippen molar-refractivity contribution in [2.24, 2.45) is 11.7 Å².